The number of thiazole rings is 1. The minimum atomic E-state index is -0.484. The molecule has 1 aromatic heterocycles. The number of benzene rings is 1. The van der Waals surface area contributed by atoms with E-state index in [-0.39, 0.29) is 5.96 Å². The van der Waals surface area contributed by atoms with Gasteiger partial charge in [0.1, 0.15) is 0 Å². The van der Waals surface area contributed by atoms with Crippen LogP contribution in [0, 0.1) is 5.41 Å². The van der Waals surface area contributed by atoms with Crippen molar-refractivity contribution in [2.24, 2.45) is 5.73 Å². The number of amides is 1. The minimum Gasteiger partial charge on any atom is -0.450 e. The number of carbonyl (C=O) groups excluding carboxylic acids is 1. The second kappa shape index (κ2) is 8.14. The number of aryl methyl sites for hydroxylation is 2. The van der Waals surface area contributed by atoms with Crippen molar-refractivity contribution in [1.29, 1.82) is 5.41 Å². The van der Waals surface area contributed by atoms with E-state index in [9.17, 15) is 4.79 Å². The van der Waals surface area contributed by atoms with E-state index >= 15 is 0 Å². The zero-order chi connectivity index (χ0) is 16.7. The van der Waals surface area contributed by atoms with Gasteiger partial charge in [-0.2, -0.15) is 0 Å². The summed E-state index contributed by atoms with van der Waals surface area (Å²) in [6.45, 7) is 2.09. The number of hydrogen-bond acceptors (Lipinski definition) is 5. The molecule has 0 spiro atoms. The largest absolute Gasteiger partial charge is 0.450 e. The molecule has 1 aromatic carbocycles. The number of rotatable bonds is 6. The lowest BCUT2D eigenvalue weighted by atomic mass is 10.1. The fourth-order valence-corrected chi connectivity index (χ4v) is 2.65. The molecule has 2 rings (SSSR count). The Morgan fingerprint density at radius 1 is 1.30 bits per heavy atom. The normalized spacial score (nSPS) is 10.1. The van der Waals surface area contributed by atoms with Gasteiger partial charge < -0.3 is 15.8 Å². The predicted octanol–water partition coefficient (Wildman–Crippen LogP) is 2.80. The van der Waals surface area contributed by atoms with Crippen molar-refractivity contribution >= 4 is 34.2 Å². The summed E-state index contributed by atoms with van der Waals surface area (Å²) < 4.78 is 4.81. The van der Waals surface area contributed by atoms with Crippen molar-refractivity contribution in [1.82, 2.24) is 4.98 Å². The molecule has 0 radical (unpaired) electrons. The number of hydrogen-bond donors (Lipinski definition) is 4. The highest BCUT2D eigenvalue weighted by Crippen LogP contribution is 2.18. The Morgan fingerprint density at radius 2 is 2.04 bits per heavy atom. The van der Waals surface area contributed by atoms with Crippen LogP contribution >= 0.6 is 11.3 Å². The summed E-state index contributed by atoms with van der Waals surface area (Å²) in [5, 5.41) is 15.0. The summed E-state index contributed by atoms with van der Waals surface area (Å²) in [4.78, 5) is 15.7. The summed E-state index contributed by atoms with van der Waals surface area (Å²) in [5.74, 6) is -0.0816. The SMILES string of the molecule is CCOC(=O)Nc1nc(CCc2ccc(NC(=N)N)cc2)cs1. The molecule has 0 saturated heterocycles. The quantitative estimate of drug-likeness (QED) is 0.479. The van der Waals surface area contributed by atoms with Crippen LogP contribution in [0.2, 0.25) is 0 Å². The first-order valence-electron chi connectivity index (χ1n) is 7.15. The Morgan fingerprint density at radius 3 is 2.70 bits per heavy atom. The number of nitrogens with two attached hydrogens (primary N) is 1. The highest BCUT2D eigenvalue weighted by Gasteiger charge is 2.07. The van der Waals surface area contributed by atoms with Crippen LogP contribution in [0.1, 0.15) is 18.2 Å². The second-order valence-corrected chi connectivity index (χ2v) is 5.58. The van der Waals surface area contributed by atoms with Crippen LogP contribution in [0.25, 0.3) is 0 Å². The summed E-state index contributed by atoms with van der Waals surface area (Å²) in [6, 6.07) is 7.72. The van der Waals surface area contributed by atoms with E-state index in [0.717, 1.165) is 29.8 Å². The number of anilines is 2. The Bertz CT molecular complexity index is 669. The van der Waals surface area contributed by atoms with Crippen molar-refractivity contribution in [3.8, 4) is 0 Å². The molecular weight excluding hydrogens is 314 g/mol. The summed E-state index contributed by atoms with van der Waals surface area (Å²) in [6.07, 6.45) is 1.13. The Labute approximate surface area is 138 Å². The first kappa shape index (κ1) is 16.8. The molecule has 8 heteroatoms. The predicted molar refractivity (Wildman–Crippen MR) is 92.1 cm³/mol. The molecule has 0 aliphatic heterocycles. The maximum Gasteiger partial charge on any atom is 0.413 e. The molecule has 1 amide bonds. The third kappa shape index (κ3) is 5.59. The van der Waals surface area contributed by atoms with Crippen LogP contribution in [-0.2, 0) is 17.6 Å². The zero-order valence-corrected chi connectivity index (χ0v) is 13.6. The van der Waals surface area contributed by atoms with Gasteiger partial charge in [-0.15, -0.1) is 11.3 Å². The Hall–Kier alpha value is -2.61. The van der Waals surface area contributed by atoms with Crippen molar-refractivity contribution in [2.75, 3.05) is 17.2 Å². The molecule has 5 N–H and O–H groups in total. The van der Waals surface area contributed by atoms with E-state index in [1.54, 1.807) is 6.92 Å². The highest BCUT2D eigenvalue weighted by molar-refractivity contribution is 7.13. The lowest BCUT2D eigenvalue weighted by molar-refractivity contribution is 0.168. The standard InChI is InChI=1S/C15H19N5O2S/c1-2-22-15(21)20-14-19-12(9-23-14)8-5-10-3-6-11(7-4-10)18-13(16)17/h3-4,6-7,9H,2,5,8H2,1H3,(H4,16,17,18)(H,19,20,21). The Kier molecular flexibility index (Phi) is 5.93. The molecule has 0 fully saturated rings. The van der Waals surface area contributed by atoms with E-state index in [1.807, 2.05) is 29.6 Å². The number of nitrogens with one attached hydrogen (secondary N) is 3. The zero-order valence-electron chi connectivity index (χ0n) is 12.8. The van der Waals surface area contributed by atoms with Crippen LogP contribution in [0.4, 0.5) is 15.6 Å². The number of guanidine groups is 1. The van der Waals surface area contributed by atoms with Gasteiger partial charge >= 0.3 is 6.09 Å². The average Bonchev–Trinajstić information content (AvgIpc) is 2.93. The third-order valence-electron chi connectivity index (χ3n) is 2.94. The molecule has 0 saturated carbocycles. The van der Waals surface area contributed by atoms with Gasteiger partial charge in [0.2, 0.25) is 0 Å². The summed E-state index contributed by atoms with van der Waals surface area (Å²) in [5.41, 5.74) is 8.15. The van der Waals surface area contributed by atoms with Gasteiger partial charge in [-0.25, -0.2) is 9.78 Å². The van der Waals surface area contributed by atoms with Gasteiger partial charge in [0.25, 0.3) is 0 Å². The molecule has 0 bridgehead atoms. The van der Waals surface area contributed by atoms with Gasteiger partial charge in [-0.1, -0.05) is 12.1 Å². The summed E-state index contributed by atoms with van der Waals surface area (Å²) >= 11 is 1.38. The van der Waals surface area contributed by atoms with Crippen LogP contribution in [0.5, 0.6) is 0 Å². The van der Waals surface area contributed by atoms with Crippen LogP contribution in [0.15, 0.2) is 29.6 Å². The van der Waals surface area contributed by atoms with Gasteiger partial charge in [-0.05, 0) is 37.5 Å². The number of aromatic nitrogens is 1. The Balaban J connectivity index is 1.85. The van der Waals surface area contributed by atoms with E-state index in [4.69, 9.17) is 15.9 Å². The van der Waals surface area contributed by atoms with Gasteiger partial charge in [-0.3, -0.25) is 10.7 Å². The van der Waals surface area contributed by atoms with Crippen molar-refractivity contribution in [3.63, 3.8) is 0 Å². The molecule has 7 nitrogen and oxygen atoms in total. The van der Waals surface area contributed by atoms with Crippen molar-refractivity contribution in [3.05, 3.63) is 40.9 Å². The fraction of sp³-hybridized carbons (Fsp3) is 0.267. The average molecular weight is 333 g/mol. The molecule has 23 heavy (non-hydrogen) atoms. The smallest absolute Gasteiger partial charge is 0.413 e. The van der Waals surface area contributed by atoms with E-state index in [0.29, 0.717) is 11.7 Å². The van der Waals surface area contributed by atoms with Gasteiger partial charge in [0.05, 0.1) is 12.3 Å². The van der Waals surface area contributed by atoms with Crippen LogP contribution in [-0.4, -0.2) is 23.6 Å². The highest BCUT2D eigenvalue weighted by atomic mass is 32.1. The summed E-state index contributed by atoms with van der Waals surface area (Å²) in [7, 11) is 0. The van der Waals surface area contributed by atoms with Crippen molar-refractivity contribution in [2.45, 2.75) is 19.8 Å². The number of nitrogens with zero attached hydrogens (tertiary/aromatic N) is 1. The lowest BCUT2D eigenvalue weighted by Gasteiger charge is -2.05. The number of carbonyl (C=O) groups is 1. The lowest BCUT2D eigenvalue weighted by Crippen LogP contribution is -2.20. The molecule has 0 atom stereocenters. The van der Waals surface area contributed by atoms with E-state index in [2.05, 4.69) is 15.6 Å². The maximum absolute atomic E-state index is 11.3. The maximum atomic E-state index is 11.3. The van der Waals surface area contributed by atoms with E-state index < -0.39 is 6.09 Å². The molecule has 122 valence electrons. The molecule has 0 aliphatic rings. The molecule has 0 aliphatic carbocycles. The molecule has 2 aromatic rings. The van der Waals surface area contributed by atoms with Gasteiger partial charge in [0, 0.05) is 11.1 Å². The van der Waals surface area contributed by atoms with Gasteiger partial charge in [0.15, 0.2) is 11.1 Å². The monoisotopic (exact) mass is 333 g/mol. The first-order chi connectivity index (χ1) is 11.1. The topological polar surface area (TPSA) is 113 Å². The molecule has 0 unspecified atom stereocenters. The second-order valence-electron chi connectivity index (χ2n) is 4.73. The van der Waals surface area contributed by atoms with E-state index in [1.165, 1.54) is 11.3 Å². The third-order valence-corrected chi connectivity index (χ3v) is 3.75. The van der Waals surface area contributed by atoms with Crippen LogP contribution in [0.3, 0.4) is 0 Å². The first-order valence-corrected chi connectivity index (χ1v) is 8.03. The van der Waals surface area contributed by atoms with Crippen LogP contribution < -0.4 is 16.4 Å². The minimum absolute atomic E-state index is 0.0816. The molecule has 1 heterocycles. The molecular formula is C15H19N5O2S. The fourth-order valence-electron chi connectivity index (χ4n) is 1.92. The number of ether oxygens (including phenoxy) is 1. The van der Waals surface area contributed by atoms with Crippen molar-refractivity contribution < 1.29 is 9.53 Å².